The monoisotopic (exact) mass is 175 g/mol. The molecule has 1 radical (unpaired) electrons. The van der Waals surface area contributed by atoms with Crippen molar-refractivity contribution in [1.29, 1.82) is 0 Å². The molecule has 0 bridgehead atoms. The van der Waals surface area contributed by atoms with E-state index in [9.17, 15) is 4.79 Å². The summed E-state index contributed by atoms with van der Waals surface area (Å²) in [6.45, 7) is 0. The minimum atomic E-state index is -0.938. The summed E-state index contributed by atoms with van der Waals surface area (Å²) < 4.78 is 0. The van der Waals surface area contributed by atoms with E-state index >= 15 is 0 Å². The molecule has 0 aromatic heterocycles. The SMILES string of the molecule is O=C(O)Cc1ccccc1O.[Na]. The van der Waals surface area contributed by atoms with Crippen molar-refractivity contribution in [3.63, 3.8) is 0 Å². The molecule has 12 heavy (non-hydrogen) atoms. The third-order valence-corrected chi connectivity index (χ3v) is 1.33. The fourth-order valence-corrected chi connectivity index (χ4v) is 0.823. The first kappa shape index (κ1) is 11.5. The average molecular weight is 175 g/mol. The third kappa shape index (κ3) is 3.26. The van der Waals surface area contributed by atoms with Crippen molar-refractivity contribution in [2.24, 2.45) is 0 Å². The number of carboxylic acid groups (broad SMARTS) is 1. The van der Waals surface area contributed by atoms with E-state index in [1.54, 1.807) is 18.2 Å². The Morgan fingerprint density at radius 1 is 1.33 bits per heavy atom. The number of carbonyl (C=O) groups is 1. The number of aliphatic carboxylic acids is 1. The van der Waals surface area contributed by atoms with E-state index in [2.05, 4.69) is 0 Å². The molecule has 0 saturated carbocycles. The summed E-state index contributed by atoms with van der Waals surface area (Å²) in [6, 6.07) is 6.40. The first-order valence-electron chi connectivity index (χ1n) is 3.19. The summed E-state index contributed by atoms with van der Waals surface area (Å²) in [5.74, 6) is -0.901. The predicted octanol–water partition coefficient (Wildman–Crippen LogP) is 0.638. The Balaban J connectivity index is 0.00000121. The number of phenols is 1. The second-order valence-electron chi connectivity index (χ2n) is 2.20. The van der Waals surface area contributed by atoms with Crippen LogP contribution < -0.4 is 0 Å². The first-order chi connectivity index (χ1) is 5.20. The molecule has 1 aromatic rings. The Kier molecular flexibility index (Phi) is 4.97. The molecule has 59 valence electrons. The molecule has 0 heterocycles. The molecule has 4 heteroatoms. The second-order valence-corrected chi connectivity index (χ2v) is 2.20. The van der Waals surface area contributed by atoms with Gasteiger partial charge in [-0.05, 0) is 6.07 Å². The van der Waals surface area contributed by atoms with Gasteiger partial charge in [-0.1, -0.05) is 18.2 Å². The fourth-order valence-electron chi connectivity index (χ4n) is 0.823. The minimum absolute atomic E-state index is 0. The number of hydrogen-bond acceptors (Lipinski definition) is 2. The van der Waals surface area contributed by atoms with Crippen LogP contribution in [-0.4, -0.2) is 45.7 Å². The van der Waals surface area contributed by atoms with E-state index in [0.29, 0.717) is 5.56 Å². The zero-order chi connectivity index (χ0) is 8.27. The molecular weight excluding hydrogens is 167 g/mol. The molecule has 0 unspecified atom stereocenters. The summed E-state index contributed by atoms with van der Waals surface area (Å²) in [5.41, 5.74) is 0.444. The van der Waals surface area contributed by atoms with Gasteiger partial charge >= 0.3 is 5.97 Å². The number of aromatic hydroxyl groups is 1. The quantitative estimate of drug-likeness (QED) is 0.648. The molecule has 2 N–H and O–H groups in total. The van der Waals surface area contributed by atoms with Crippen molar-refractivity contribution in [3.8, 4) is 5.75 Å². The van der Waals surface area contributed by atoms with Gasteiger partial charge in [0.15, 0.2) is 0 Å². The van der Waals surface area contributed by atoms with E-state index in [0.717, 1.165) is 0 Å². The second kappa shape index (κ2) is 5.19. The maximum atomic E-state index is 10.2. The Bertz CT molecular complexity index is 273. The molecule has 3 nitrogen and oxygen atoms in total. The van der Waals surface area contributed by atoms with Gasteiger partial charge in [0.1, 0.15) is 5.75 Å². The van der Waals surface area contributed by atoms with Gasteiger partial charge in [-0.2, -0.15) is 0 Å². The molecule has 0 aliphatic heterocycles. The fraction of sp³-hybridized carbons (Fsp3) is 0.125. The van der Waals surface area contributed by atoms with Crippen molar-refractivity contribution in [2.75, 3.05) is 0 Å². The van der Waals surface area contributed by atoms with Gasteiger partial charge < -0.3 is 10.2 Å². The molecule has 0 aliphatic rings. The first-order valence-corrected chi connectivity index (χ1v) is 3.19. The number of para-hydroxylation sites is 1. The summed E-state index contributed by atoms with van der Waals surface area (Å²) in [7, 11) is 0. The van der Waals surface area contributed by atoms with Crippen LogP contribution in [0.4, 0.5) is 0 Å². The standard InChI is InChI=1S/C8H8O3.Na/c9-7-4-2-1-3-6(7)5-8(10)11;/h1-4,9H,5H2,(H,10,11);. The molecule has 1 rings (SSSR count). The van der Waals surface area contributed by atoms with Crippen LogP contribution in [-0.2, 0) is 11.2 Å². The molecular formula is C8H8NaO3. The van der Waals surface area contributed by atoms with Gasteiger partial charge in [0.25, 0.3) is 0 Å². The number of hydrogen-bond donors (Lipinski definition) is 2. The smallest absolute Gasteiger partial charge is 0.307 e. The van der Waals surface area contributed by atoms with Gasteiger partial charge in [-0.25, -0.2) is 0 Å². The summed E-state index contributed by atoms with van der Waals surface area (Å²) in [5, 5.41) is 17.5. The zero-order valence-electron chi connectivity index (χ0n) is 6.82. The molecule has 0 spiro atoms. The van der Waals surface area contributed by atoms with Crippen molar-refractivity contribution < 1.29 is 15.0 Å². The Morgan fingerprint density at radius 3 is 2.42 bits per heavy atom. The number of rotatable bonds is 2. The maximum Gasteiger partial charge on any atom is 0.307 e. The summed E-state index contributed by atoms with van der Waals surface area (Å²) >= 11 is 0. The van der Waals surface area contributed by atoms with Gasteiger partial charge in [-0.15, -0.1) is 0 Å². The number of carboxylic acids is 1. The third-order valence-electron chi connectivity index (χ3n) is 1.33. The van der Waals surface area contributed by atoms with E-state index in [1.165, 1.54) is 6.07 Å². The van der Waals surface area contributed by atoms with E-state index < -0.39 is 5.97 Å². The van der Waals surface area contributed by atoms with Crippen LogP contribution in [0, 0.1) is 0 Å². The summed E-state index contributed by atoms with van der Waals surface area (Å²) in [4.78, 5) is 10.2. The van der Waals surface area contributed by atoms with Crippen LogP contribution in [0.15, 0.2) is 24.3 Å². The largest absolute Gasteiger partial charge is 0.508 e. The molecule has 1 aromatic carbocycles. The van der Waals surface area contributed by atoms with Crippen LogP contribution >= 0.6 is 0 Å². The molecule has 0 aliphatic carbocycles. The summed E-state index contributed by atoms with van der Waals surface area (Å²) in [6.07, 6.45) is -0.132. The van der Waals surface area contributed by atoms with Crippen LogP contribution in [0.2, 0.25) is 0 Å². The van der Waals surface area contributed by atoms with Crippen LogP contribution in [0.25, 0.3) is 0 Å². The van der Waals surface area contributed by atoms with Crippen LogP contribution in [0.1, 0.15) is 5.56 Å². The van der Waals surface area contributed by atoms with Crippen LogP contribution in [0.3, 0.4) is 0 Å². The normalized spacial score (nSPS) is 8.67. The molecule has 0 atom stereocenters. The average Bonchev–Trinajstić information content (AvgIpc) is 1.93. The molecule has 0 saturated heterocycles. The maximum absolute atomic E-state index is 10.2. The molecule has 0 amide bonds. The van der Waals surface area contributed by atoms with E-state index in [4.69, 9.17) is 10.2 Å². The van der Waals surface area contributed by atoms with Crippen molar-refractivity contribution in [3.05, 3.63) is 29.8 Å². The van der Waals surface area contributed by atoms with Crippen molar-refractivity contribution in [2.45, 2.75) is 6.42 Å². The number of benzene rings is 1. The van der Waals surface area contributed by atoms with Crippen molar-refractivity contribution >= 4 is 35.5 Å². The van der Waals surface area contributed by atoms with Gasteiger partial charge in [-0.3, -0.25) is 4.79 Å². The predicted molar refractivity (Wildman–Crippen MR) is 45.2 cm³/mol. The van der Waals surface area contributed by atoms with Gasteiger partial charge in [0.2, 0.25) is 0 Å². The van der Waals surface area contributed by atoms with Crippen molar-refractivity contribution in [1.82, 2.24) is 0 Å². The van der Waals surface area contributed by atoms with E-state index in [1.807, 2.05) is 0 Å². The Morgan fingerprint density at radius 2 is 1.92 bits per heavy atom. The van der Waals surface area contributed by atoms with Gasteiger partial charge in [0, 0.05) is 35.1 Å². The molecule has 0 fully saturated rings. The van der Waals surface area contributed by atoms with E-state index in [-0.39, 0.29) is 41.7 Å². The van der Waals surface area contributed by atoms with Gasteiger partial charge in [0.05, 0.1) is 6.42 Å². The Labute approximate surface area is 92.3 Å². The number of phenolic OH excluding ortho intramolecular Hbond substituents is 1. The zero-order valence-corrected chi connectivity index (χ0v) is 8.82. The Hall–Kier alpha value is -0.510. The minimum Gasteiger partial charge on any atom is -0.508 e. The topological polar surface area (TPSA) is 57.5 Å². The van der Waals surface area contributed by atoms with Crippen LogP contribution in [0.5, 0.6) is 5.75 Å².